The summed E-state index contributed by atoms with van der Waals surface area (Å²) in [6.07, 6.45) is 0. The maximum absolute atomic E-state index is 11.9. The largest absolute Gasteiger partial charge is 0.352 e. The monoisotopic (exact) mass is 329 g/mol. The molecule has 3 N–H and O–H groups in total. The van der Waals surface area contributed by atoms with Gasteiger partial charge < -0.3 is 10.6 Å². The van der Waals surface area contributed by atoms with E-state index < -0.39 is 0 Å². The van der Waals surface area contributed by atoms with E-state index in [0.29, 0.717) is 18.7 Å². The van der Waals surface area contributed by atoms with Crippen molar-refractivity contribution in [2.45, 2.75) is 19.5 Å². The highest BCUT2D eigenvalue weighted by Gasteiger charge is 2.21. The third-order valence-electron chi connectivity index (χ3n) is 3.03. The van der Waals surface area contributed by atoms with Gasteiger partial charge in [-0.2, -0.15) is 0 Å². The molecule has 2 rings (SSSR count). The smallest absolute Gasteiger partial charge is 0.251 e. The summed E-state index contributed by atoms with van der Waals surface area (Å²) < 4.78 is 0. The molecule has 0 aliphatic carbocycles. The van der Waals surface area contributed by atoms with Gasteiger partial charge in [-0.15, -0.1) is 24.2 Å². The zero-order chi connectivity index (χ0) is 14.4. The van der Waals surface area contributed by atoms with Crippen LogP contribution in [0.2, 0.25) is 0 Å². The lowest BCUT2D eigenvalue weighted by Gasteiger charge is -2.11. The van der Waals surface area contributed by atoms with Crippen molar-refractivity contribution in [1.82, 2.24) is 16.0 Å². The summed E-state index contributed by atoms with van der Waals surface area (Å²) in [5.74, 6) is 1.56. The van der Waals surface area contributed by atoms with Crippen molar-refractivity contribution in [2.75, 3.05) is 18.2 Å². The van der Waals surface area contributed by atoms with Gasteiger partial charge in [-0.1, -0.05) is 12.1 Å². The molecular formula is C14H20ClN3O2S. The van der Waals surface area contributed by atoms with Crippen LogP contribution in [-0.2, 0) is 11.3 Å². The highest BCUT2D eigenvalue weighted by atomic mass is 35.5. The van der Waals surface area contributed by atoms with Gasteiger partial charge in [0.15, 0.2) is 0 Å². The third kappa shape index (κ3) is 5.22. The van der Waals surface area contributed by atoms with Crippen LogP contribution in [0.25, 0.3) is 0 Å². The molecule has 1 aliphatic heterocycles. The van der Waals surface area contributed by atoms with Gasteiger partial charge >= 0.3 is 0 Å². The number of thioether (sulfide) groups is 1. The van der Waals surface area contributed by atoms with E-state index >= 15 is 0 Å². The normalized spacial score (nSPS) is 16.9. The van der Waals surface area contributed by atoms with Crippen LogP contribution in [0.3, 0.4) is 0 Å². The Morgan fingerprint density at radius 3 is 2.86 bits per heavy atom. The van der Waals surface area contributed by atoms with Crippen molar-refractivity contribution < 1.29 is 9.59 Å². The number of halogens is 1. The number of hydrogen-bond acceptors (Lipinski definition) is 4. The van der Waals surface area contributed by atoms with Crippen LogP contribution in [0, 0.1) is 0 Å². The number of carbonyl (C=O) groups is 2. The van der Waals surface area contributed by atoms with Crippen LogP contribution >= 0.6 is 24.2 Å². The van der Waals surface area contributed by atoms with E-state index in [1.807, 2.05) is 25.1 Å². The van der Waals surface area contributed by atoms with E-state index in [-0.39, 0.29) is 30.3 Å². The first-order chi connectivity index (χ1) is 9.70. The van der Waals surface area contributed by atoms with Crippen LogP contribution in [0.15, 0.2) is 24.3 Å². The molecule has 0 radical (unpaired) electrons. The van der Waals surface area contributed by atoms with Crippen LogP contribution in [0.5, 0.6) is 0 Å². The molecule has 5 nitrogen and oxygen atoms in total. The molecule has 116 valence electrons. The van der Waals surface area contributed by atoms with E-state index in [4.69, 9.17) is 0 Å². The summed E-state index contributed by atoms with van der Waals surface area (Å²) in [5, 5.41) is 8.78. The molecule has 0 saturated carbocycles. The molecule has 0 aromatic heterocycles. The summed E-state index contributed by atoms with van der Waals surface area (Å²) in [4.78, 5) is 23.6. The van der Waals surface area contributed by atoms with E-state index in [1.165, 1.54) is 0 Å². The zero-order valence-corrected chi connectivity index (χ0v) is 13.5. The van der Waals surface area contributed by atoms with Crippen molar-refractivity contribution in [3.05, 3.63) is 35.4 Å². The second kappa shape index (κ2) is 8.92. The van der Waals surface area contributed by atoms with Gasteiger partial charge in [0.2, 0.25) is 5.91 Å². The molecule has 1 saturated heterocycles. The van der Waals surface area contributed by atoms with E-state index in [9.17, 15) is 9.59 Å². The Morgan fingerprint density at radius 2 is 2.19 bits per heavy atom. The minimum absolute atomic E-state index is 0. The topological polar surface area (TPSA) is 70.2 Å². The SMILES string of the molecule is CCNC(=O)c1cccc(CNC(=O)C2CSCN2)c1.Cl. The molecule has 2 amide bonds. The summed E-state index contributed by atoms with van der Waals surface area (Å²) in [6.45, 7) is 2.92. The van der Waals surface area contributed by atoms with Crippen molar-refractivity contribution in [2.24, 2.45) is 0 Å². The first-order valence-corrected chi connectivity index (χ1v) is 7.82. The second-order valence-corrected chi connectivity index (χ2v) is 5.58. The Morgan fingerprint density at radius 1 is 1.38 bits per heavy atom. The predicted molar refractivity (Wildman–Crippen MR) is 87.8 cm³/mol. The molecule has 7 heteroatoms. The highest BCUT2D eigenvalue weighted by molar-refractivity contribution is 7.99. The molecular weight excluding hydrogens is 310 g/mol. The molecule has 1 fully saturated rings. The van der Waals surface area contributed by atoms with Crippen LogP contribution in [-0.4, -0.2) is 36.0 Å². The maximum Gasteiger partial charge on any atom is 0.251 e. The van der Waals surface area contributed by atoms with Gasteiger partial charge in [0.1, 0.15) is 0 Å². The number of hydrogen-bond donors (Lipinski definition) is 3. The van der Waals surface area contributed by atoms with Crippen molar-refractivity contribution >= 4 is 36.0 Å². The molecule has 0 spiro atoms. The van der Waals surface area contributed by atoms with E-state index in [2.05, 4.69) is 16.0 Å². The van der Waals surface area contributed by atoms with E-state index in [0.717, 1.165) is 17.2 Å². The lowest BCUT2D eigenvalue weighted by Crippen LogP contribution is -2.41. The summed E-state index contributed by atoms with van der Waals surface area (Å²) >= 11 is 1.72. The average molecular weight is 330 g/mol. The molecule has 1 heterocycles. The first-order valence-electron chi connectivity index (χ1n) is 6.66. The quantitative estimate of drug-likeness (QED) is 0.757. The van der Waals surface area contributed by atoms with Gasteiger partial charge in [-0.3, -0.25) is 14.9 Å². The van der Waals surface area contributed by atoms with Crippen molar-refractivity contribution in [3.63, 3.8) is 0 Å². The molecule has 1 aromatic rings. The zero-order valence-electron chi connectivity index (χ0n) is 11.8. The average Bonchev–Trinajstić information content (AvgIpc) is 2.99. The highest BCUT2D eigenvalue weighted by Crippen LogP contribution is 2.10. The molecule has 1 aliphatic rings. The fourth-order valence-corrected chi connectivity index (χ4v) is 2.90. The minimum Gasteiger partial charge on any atom is -0.352 e. The van der Waals surface area contributed by atoms with Crippen molar-refractivity contribution in [3.8, 4) is 0 Å². The number of rotatable bonds is 5. The van der Waals surface area contributed by atoms with Gasteiger partial charge in [-0.25, -0.2) is 0 Å². The van der Waals surface area contributed by atoms with Gasteiger partial charge in [0.05, 0.1) is 6.04 Å². The minimum atomic E-state index is -0.105. The number of carbonyl (C=O) groups excluding carboxylic acids is 2. The van der Waals surface area contributed by atoms with Gasteiger partial charge in [-0.05, 0) is 24.6 Å². The number of amides is 2. The molecule has 21 heavy (non-hydrogen) atoms. The van der Waals surface area contributed by atoms with Crippen LogP contribution in [0.4, 0.5) is 0 Å². The van der Waals surface area contributed by atoms with Crippen molar-refractivity contribution in [1.29, 1.82) is 0 Å². The second-order valence-electron chi connectivity index (χ2n) is 4.55. The number of benzene rings is 1. The van der Waals surface area contributed by atoms with E-state index in [1.54, 1.807) is 17.8 Å². The summed E-state index contributed by atoms with van der Waals surface area (Å²) in [6, 6.07) is 7.20. The first kappa shape index (κ1) is 17.8. The molecule has 1 atom stereocenters. The summed E-state index contributed by atoms with van der Waals surface area (Å²) in [5.41, 5.74) is 1.54. The fraction of sp³-hybridized carbons (Fsp3) is 0.429. The number of nitrogens with one attached hydrogen (secondary N) is 3. The third-order valence-corrected chi connectivity index (χ3v) is 3.97. The van der Waals surface area contributed by atoms with Crippen LogP contribution < -0.4 is 16.0 Å². The van der Waals surface area contributed by atoms with Gasteiger partial charge in [0, 0.05) is 30.3 Å². The summed E-state index contributed by atoms with van der Waals surface area (Å²) in [7, 11) is 0. The fourth-order valence-electron chi connectivity index (χ4n) is 1.96. The Labute approximate surface area is 135 Å². The Balaban J connectivity index is 0.00000220. The maximum atomic E-state index is 11.9. The standard InChI is InChI=1S/C14H19N3O2S.ClH/c1-2-15-13(18)11-5-3-4-10(6-11)7-16-14(19)12-8-20-9-17-12;/h3-6,12,17H,2,7-9H2,1H3,(H,15,18)(H,16,19);1H. The lowest BCUT2D eigenvalue weighted by atomic mass is 10.1. The molecule has 1 aromatic carbocycles. The Hall–Kier alpha value is -1.24. The molecule has 1 unspecified atom stereocenters. The Kier molecular flexibility index (Phi) is 7.56. The molecule has 0 bridgehead atoms. The van der Waals surface area contributed by atoms with Crippen LogP contribution in [0.1, 0.15) is 22.8 Å². The lowest BCUT2D eigenvalue weighted by molar-refractivity contribution is -0.122. The Bertz CT molecular complexity index is 493. The van der Waals surface area contributed by atoms with Gasteiger partial charge in [0.25, 0.3) is 5.91 Å². The predicted octanol–water partition coefficient (Wildman–Crippen LogP) is 1.14.